The van der Waals surface area contributed by atoms with Crippen LogP contribution in [0.4, 0.5) is 10.1 Å². The van der Waals surface area contributed by atoms with E-state index >= 15 is 0 Å². The fourth-order valence-corrected chi connectivity index (χ4v) is 3.17. The Kier molecular flexibility index (Phi) is 6.30. The summed E-state index contributed by atoms with van der Waals surface area (Å²) < 4.78 is 14.7. The first-order valence-corrected chi connectivity index (χ1v) is 8.59. The van der Waals surface area contributed by atoms with Crippen molar-refractivity contribution in [3.05, 3.63) is 63.0 Å². The maximum Gasteiger partial charge on any atom is 0.338 e. The summed E-state index contributed by atoms with van der Waals surface area (Å²) in [4.78, 5) is 25.6. The Bertz CT molecular complexity index is 764. The van der Waals surface area contributed by atoms with Crippen LogP contribution in [0.1, 0.15) is 29.3 Å². The Morgan fingerprint density at radius 2 is 1.88 bits per heavy atom. The zero-order valence-corrected chi connectivity index (χ0v) is 15.3. The van der Waals surface area contributed by atoms with E-state index < -0.39 is 17.3 Å². The van der Waals surface area contributed by atoms with Crippen molar-refractivity contribution in [2.45, 2.75) is 19.8 Å². The smallest absolute Gasteiger partial charge is 0.338 e. The number of hydrogen-bond donors (Lipinski definition) is 1. The monoisotopic (exact) mass is 441 g/mol. The van der Waals surface area contributed by atoms with Crippen molar-refractivity contribution in [2.75, 3.05) is 11.4 Å². The lowest BCUT2D eigenvalue weighted by atomic mass is 10.0. The van der Waals surface area contributed by atoms with E-state index in [0.717, 1.165) is 21.7 Å². The van der Waals surface area contributed by atoms with Crippen molar-refractivity contribution >= 4 is 40.2 Å². The minimum Gasteiger partial charge on any atom is -0.478 e. The summed E-state index contributed by atoms with van der Waals surface area (Å²) in [5, 5.41) is 9.20. The number of hydrogen-bond acceptors (Lipinski definition) is 2. The molecule has 0 heterocycles. The maximum absolute atomic E-state index is 13.8. The van der Waals surface area contributed by atoms with Gasteiger partial charge >= 0.3 is 5.97 Å². The normalized spacial score (nSPS) is 10.5. The molecule has 0 saturated heterocycles. The lowest BCUT2D eigenvalue weighted by Crippen LogP contribution is -2.34. The molecule has 0 aromatic heterocycles. The van der Waals surface area contributed by atoms with E-state index in [1.165, 1.54) is 12.1 Å². The van der Waals surface area contributed by atoms with Crippen LogP contribution >= 0.6 is 22.6 Å². The Labute approximate surface area is 153 Å². The Hall–Kier alpha value is -1.96. The molecule has 0 aliphatic heterocycles. The quantitative estimate of drug-likeness (QED) is 0.687. The summed E-state index contributed by atoms with van der Waals surface area (Å²) in [6, 6.07) is 11.5. The average Bonchev–Trinajstić information content (AvgIpc) is 2.53. The number of para-hydroxylation sites is 1. The molecule has 24 heavy (non-hydrogen) atoms. The van der Waals surface area contributed by atoms with Crippen LogP contribution in [0.15, 0.2) is 42.5 Å². The van der Waals surface area contributed by atoms with Gasteiger partial charge in [-0.3, -0.25) is 4.79 Å². The predicted molar refractivity (Wildman–Crippen MR) is 98.9 cm³/mol. The minimum absolute atomic E-state index is 0.162. The van der Waals surface area contributed by atoms with Gasteiger partial charge in [0, 0.05) is 10.1 Å². The van der Waals surface area contributed by atoms with Gasteiger partial charge in [0.25, 0.3) is 0 Å². The van der Waals surface area contributed by atoms with Crippen LogP contribution in [0, 0.1) is 9.39 Å². The van der Waals surface area contributed by atoms with Crippen molar-refractivity contribution in [3.63, 3.8) is 0 Å². The van der Waals surface area contributed by atoms with E-state index in [0.29, 0.717) is 6.54 Å². The van der Waals surface area contributed by atoms with Crippen molar-refractivity contribution < 1.29 is 19.1 Å². The molecule has 2 aromatic rings. The van der Waals surface area contributed by atoms with Crippen LogP contribution in [0.3, 0.4) is 0 Å². The topological polar surface area (TPSA) is 57.6 Å². The highest BCUT2D eigenvalue weighted by Gasteiger charge is 2.22. The third-order valence-corrected chi connectivity index (χ3v) is 4.46. The first-order valence-electron chi connectivity index (χ1n) is 7.51. The van der Waals surface area contributed by atoms with Gasteiger partial charge < -0.3 is 10.0 Å². The molecule has 1 amide bonds. The highest BCUT2D eigenvalue weighted by Crippen LogP contribution is 2.24. The van der Waals surface area contributed by atoms with Gasteiger partial charge in [0.15, 0.2) is 0 Å². The first kappa shape index (κ1) is 18.4. The lowest BCUT2D eigenvalue weighted by Gasteiger charge is -2.24. The van der Waals surface area contributed by atoms with Gasteiger partial charge in [0.1, 0.15) is 5.82 Å². The molecular formula is C18H17FINO3. The number of halogens is 2. The van der Waals surface area contributed by atoms with E-state index in [1.807, 2.05) is 31.2 Å². The van der Waals surface area contributed by atoms with Crippen LogP contribution in [0.25, 0.3) is 0 Å². The molecular weight excluding hydrogens is 424 g/mol. The molecule has 0 aliphatic rings. The van der Waals surface area contributed by atoms with E-state index in [4.69, 9.17) is 0 Å². The van der Waals surface area contributed by atoms with Crippen molar-refractivity contribution in [1.82, 2.24) is 0 Å². The van der Waals surface area contributed by atoms with Gasteiger partial charge in [0.2, 0.25) is 5.91 Å². The molecule has 0 spiro atoms. The Morgan fingerprint density at radius 1 is 1.17 bits per heavy atom. The van der Waals surface area contributed by atoms with Gasteiger partial charge in [-0.1, -0.05) is 31.2 Å². The molecule has 0 aliphatic carbocycles. The fraction of sp³-hybridized carbons (Fsp3) is 0.222. The number of aromatic carboxylic acids is 1. The average molecular weight is 441 g/mol. The molecule has 0 bridgehead atoms. The van der Waals surface area contributed by atoms with Gasteiger partial charge in [-0.2, -0.15) is 0 Å². The predicted octanol–water partition coefficient (Wildman–Crippen LogP) is 4.11. The molecule has 4 nitrogen and oxygen atoms in total. The molecule has 0 fully saturated rings. The third-order valence-electron chi connectivity index (χ3n) is 3.55. The van der Waals surface area contributed by atoms with Crippen LogP contribution in [-0.2, 0) is 11.2 Å². The third kappa shape index (κ3) is 4.11. The van der Waals surface area contributed by atoms with Gasteiger partial charge in [-0.15, -0.1) is 0 Å². The van der Waals surface area contributed by atoms with Crippen molar-refractivity contribution in [1.29, 1.82) is 0 Å². The molecule has 6 heteroatoms. The zero-order valence-electron chi connectivity index (χ0n) is 13.1. The number of carboxylic acid groups (broad SMARTS) is 1. The second kappa shape index (κ2) is 8.23. The Balaban J connectivity index is 2.35. The minimum atomic E-state index is -1.37. The molecule has 0 unspecified atom stereocenters. The fourth-order valence-electron chi connectivity index (χ4n) is 2.49. The van der Waals surface area contributed by atoms with E-state index in [1.54, 1.807) is 4.90 Å². The summed E-state index contributed by atoms with van der Waals surface area (Å²) in [5.41, 5.74) is 0.517. The van der Waals surface area contributed by atoms with Crippen LogP contribution < -0.4 is 4.90 Å². The SMILES string of the molecule is CCCN(C(=O)Cc1cccc(F)c1C(=O)O)c1ccccc1I. The highest BCUT2D eigenvalue weighted by molar-refractivity contribution is 14.1. The molecule has 0 atom stereocenters. The van der Waals surface area contributed by atoms with E-state index in [9.17, 15) is 19.1 Å². The number of carboxylic acids is 1. The molecule has 0 saturated carbocycles. The van der Waals surface area contributed by atoms with Crippen molar-refractivity contribution in [2.24, 2.45) is 0 Å². The molecule has 126 valence electrons. The van der Waals surface area contributed by atoms with Gasteiger partial charge in [0.05, 0.1) is 17.7 Å². The number of rotatable bonds is 6. The van der Waals surface area contributed by atoms with Gasteiger partial charge in [-0.05, 0) is 52.8 Å². The summed E-state index contributed by atoms with van der Waals surface area (Å²) in [6.45, 7) is 2.47. The first-order chi connectivity index (χ1) is 11.5. The number of amides is 1. The number of carbonyl (C=O) groups is 2. The van der Waals surface area contributed by atoms with Crippen LogP contribution in [0.5, 0.6) is 0 Å². The summed E-state index contributed by atoms with van der Waals surface area (Å²) in [7, 11) is 0. The number of nitrogens with zero attached hydrogens (tertiary/aromatic N) is 1. The molecule has 1 N–H and O–H groups in total. The highest BCUT2D eigenvalue weighted by atomic mass is 127. The standard InChI is InChI=1S/C18H17FINO3/c1-2-10-21(15-9-4-3-8-14(15)20)16(22)11-12-6-5-7-13(19)17(12)18(23)24/h3-9H,2,10-11H2,1H3,(H,23,24). The zero-order chi connectivity index (χ0) is 17.7. The number of benzene rings is 2. The van der Waals surface area contributed by atoms with Gasteiger partial charge in [-0.25, -0.2) is 9.18 Å². The number of carbonyl (C=O) groups excluding carboxylic acids is 1. The summed E-state index contributed by atoms with van der Waals surface area (Å²) in [6.07, 6.45) is 0.593. The second-order valence-electron chi connectivity index (χ2n) is 5.25. The maximum atomic E-state index is 13.8. The summed E-state index contributed by atoms with van der Waals surface area (Å²) in [5.74, 6) is -2.45. The second-order valence-corrected chi connectivity index (χ2v) is 6.41. The van der Waals surface area contributed by atoms with E-state index in [-0.39, 0.29) is 17.9 Å². The molecule has 2 aromatic carbocycles. The number of anilines is 1. The van der Waals surface area contributed by atoms with Crippen LogP contribution in [0.2, 0.25) is 0 Å². The molecule has 2 rings (SSSR count). The largest absolute Gasteiger partial charge is 0.478 e. The lowest BCUT2D eigenvalue weighted by molar-refractivity contribution is -0.118. The van der Waals surface area contributed by atoms with Crippen LogP contribution in [-0.4, -0.2) is 23.5 Å². The van der Waals surface area contributed by atoms with Crippen molar-refractivity contribution in [3.8, 4) is 0 Å². The summed E-state index contributed by atoms with van der Waals surface area (Å²) >= 11 is 2.15. The Morgan fingerprint density at radius 3 is 2.50 bits per heavy atom. The molecule has 0 radical (unpaired) electrons. The van der Waals surface area contributed by atoms with E-state index in [2.05, 4.69) is 22.6 Å².